The summed E-state index contributed by atoms with van der Waals surface area (Å²) in [5, 5.41) is 18.6. The van der Waals surface area contributed by atoms with E-state index < -0.39 is 5.97 Å². The number of hydrogen-bond acceptors (Lipinski definition) is 4. The smallest absolute Gasteiger partial charge is 0.339 e. The van der Waals surface area contributed by atoms with Gasteiger partial charge in [-0.25, -0.2) is 4.79 Å². The van der Waals surface area contributed by atoms with E-state index in [-0.39, 0.29) is 11.3 Å². The number of carbonyl (C=O) groups is 1. The van der Waals surface area contributed by atoms with Crippen LogP contribution in [0.2, 0.25) is 0 Å². The van der Waals surface area contributed by atoms with E-state index in [0.717, 1.165) is 31.1 Å². The van der Waals surface area contributed by atoms with Crippen molar-refractivity contribution < 1.29 is 15.0 Å². The molecule has 0 saturated carbocycles. The Labute approximate surface area is 132 Å². The van der Waals surface area contributed by atoms with E-state index in [0.29, 0.717) is 6.04 Å². The Balaban J connectivity index is 1.94. The van der Waals surface area contributed by atoms with Crippen molar-refractivity contribution in [2.75, 3.05) is 27.2 Å². The van der Waals surface area contributed by atoms with Crippen LogP contribution in [0, 0.1) is 5.92 Å². The topological polar surface area (TPSA) is 64.0 Å². The number of piperidine rings is 1. The summed E-state index contributed by atoms with van der Waals surface area (Å²) in [5.74, 6) is -0.534. The van der Waals surface area contributed by atoms with Gasteiger partial charge in [0.2, 0.25) is 0 Å². The minimum Gasteiger partial charge on any atom is -0.507 e. The number of carboxylic acids is 1. The maximum Gasteiger partial charge on any atom is 0.339 e. The van der Waals surface area contributed by atoms with Crippen molar-refractivity contribution >= 4 is 5.97 Å². The molecular formula is C17H26N2O3. The highest BCUT2D eigenvalue weighted by atomic mass is 16.4. The van der Waals surface area contributed by atoms with Gasteiger partial charge in [-0.15, -0.1) is 0 Å². The first kappa shape index (κ1) is 16.8. The molecule has 0 amide bonds. The van der Waals surface area contributed by atoms with E-state index >= 15 is 0 Å². The van der Waals surface area contributed by atoms with Crippen molar-refractivity contribution in [3.63, 3.8) is 0 Å². The molecule has 1 aromatic rings. The van der Waals surface area contributed by atoms with E-state index in [2.05, 4.69) is 30.8 Å². The summed E-state index contributed by atoms with van der Waals surface area (Å²) in [5.41, 5.74) is 0.919. The molecule has 5 nitrogen and oxygen atoms in total. The molecule has 1 heterocycles. The maximum absolute atomic E-state index is 11.1. The molecule has 1 atom stereocenters. The predicted octanol–water partition coefficient (Wildman–Crippen LogP) is 2.25. The van der Waals surface area contributed by atoms with Gasteiger partial charge in [0, 0.05) is 12.6 Å². The lowest BCUT2D eigenvalue weighted by atomic mass is 9.89. The first-order valence-corrected chi connectivity index (χ1v) is 7.82. The number of phenols is 1. The number of aromatic carboxylic acids is 1. The summed E-state index contributed by atoms with van der Waals surface area (Å²) in [6, 6.07) is 5.44. The fourth-order valence-electron chi connectivity index (χ4n) is 3.13. The summed E-state index contributed by atoms with van der Waals surface area (Å²) in [6.07, 6.45) is 2.34. The molecule has 1 aromatic carbocycles. The molecule has 0 bridgehead atoms. The summed E-state index contributed by atoms with van der Waals surface area (Å²) in [4.78, 5) is 15.7. The Bertz CT molecular complexity index is 523. The maximum atomic E-state index is 11.1. The van der Waals surface area contributed by atoms with Crippen molar-refractivity contribution in [1.29, 1.82) is 0 Å². The van der Waals surface area contributed by atoms with E-state index in [4.69, 9.17) is 5.11 Å². The molecule has 1 saturated heterocycles. The van der Waals surface area contributed by atoms with Crippen molar-refractivity contribution in [3.05, 3.63) is 29.3 Å². The second-order valence-corrected chi connectivity index (χ2v) is 6.47. The molecular weight excluding hydrogens is 280 g/mol. The summed E-state index contributed by atoms with van der Waals surface area (Å²) < 4.78 is 0. The molecule has 1 fully saturated rings. The monoisotopic (exact) mass is 306 g/mol. The molecule has 1 unspecified atom stereocenters. The molecule has 0 spiro atoms. The van der Waals surface area contributed by atoms with Crippen LogP contribution in [-0.4, -0.2) is 59.2 Å². The second kappa shape index (κ2) is 7.11. The summed E-state index contributed by atoms with van der Waals surface area (Å²) in [6.45, 7) is 5.08. The third kappa shape index (κ3) is 3.99. The molecule has 1 aliphatic heterocycles. The number of aromatic hydroxyl groups is 1. The largest absolute Gasteiger partial charge is 0.507 e. The van der Waals surface area contributed by atoms with Crippen LogP contribution >= 0.6 is 0 Å². The van der Waals surface area contributed by atoms with Crippen LogP contribution < -0.4 is 0 Å². The molecule has 5 heteroatoms. The Hall–Kier alpha value is -1.59. The van der Waals surface area contributed by atoms with Gasteiger partial charge in [-0.2, -0.15) is 0 Å². The van der Waals surface area contributed by atoms with Crippen LogP contribution in [-0.2, 0) is 6.54 Å². The number of nitrogens with zero attached hydrogens (tertiary/aromatic N) is 2. The van der Waals surface area contributed by atoms with Gasteiger partial charge >= 0.3 is 5.97 Å². The Morgan fingerprint density at radius 3 is 2.55 bits per heavy atom. The molecule has 0 aliphatic carbocycles. The number of rotatable bonds is 5. The SMILES string of the molecule is CC(C1CCN(Cc2ccc(O)c(C(=O)O)c2)CC1)N(C)C. The van der Waals surface area contributed by atoms with Crippen molar-refractivity contribution in [3.8, 4) is 5.75 Å². The highest BCUT2D eigenvalue weighted by molar-refractivity contribution is 5.90. The lowest BCUT2D eigenvalue weighted by molar-refractivity contribution is 0.0693. The lowest BCUT2D eigenvalue weighted by Crippen LogP contribution is -2.41. The van der Waals surface area contributed by atoms with E-state index in [1.54, 1.807) is 12.1 Å². The second-order valence-electron chi connectivity index (χ2n) is 6.47. The average molecular weight is 306 g/mol. The van der Waals surface area contributed by atoms with Gasteiger partial charge in [0.05, 0.1) is 0 Å². The fourth-order valence-corrected chi connectivity index (χ4v) is 3.13. The first-order valence-electron chi connectivity index (χ1n) is 7.82. The predicted molar refractivity (Wildman–Crippen MR) is 86.2 cm³/mol. The minimum atomic E-state index is -1.09. The summed E-state index contributed by atoms with van der Waals surface area (Å²) in [7, 11) is 4.25. The van der Waals surface area contributed by atoms with Gasteiger partial charge in [-0.1, -0.05) is 6.07 Å². The Morgan fingerprint density at radius 1 is 1.36 bits per heavy atom. The normalized spacial score (nSPS) is 18.5. The van der Waals surface area contributed by atoms with Crippen LogP contribution in [0.5, 0.6) is 5.75 Å². The molecule has 0 aromatic heterocycles. The lowest BCUT2D eigenvalue weighted by Gasteiger charge is -2.37. The zero-order valence-electron chi connectivity index (χ0n) is 13.6. The van der Waals surface area contributed by atoms with E-state index in [1.165, 1.54) is 18.9 Å². The van der Waals surface area contributed by atoms with Crippen LogP contribution in [0.3, 0.4) is 0 Å². The highest BCUT2D eigenvalue weighted by Crippen LogP contribution is 2.25. The van der Waals surface area contributed by atoms with Crippen molar-refractivity contribution in [1.82, 2.24) is 9.80 Å². The number of hydrogen-bond donors (Lipinski definition) is 2. The van der Waals surface area contributed by atoms with Gasteiger partial charge in [-0.05, 0) is 70.6 Å². The van der Waals surface area contributed by atoms with Gasteiger partial charge in [-0.3, -0.25) is 4.90 Å². The van der Waals surface area contributed by atoms with Gasteiger partial charge in [0.25, 0.3) is 0 Å². The molecule has 2 N–H and O–H groups in total. The van der Waals surface area contributed by atoms with E-state index in [1.807, 2.05) is 0 Å². The van der Waals surface area contributed by atoms with E-state index in [9.17, 15) is 9.90 Å². The van der Waals surface area contributed by atoms with Crippen molar-refractivity contribution in [2.45, 2.75) is 32.4 Å². The molecule has 2 rings (SSSR count). The molecule has 22 heavy (non-hydrogen) atoms. The quantitative estimate of drug-likeness (QED) is 0.873. The molecule has 122 valence electrons. The number of benzene rings is 1. The van der Waals surface area contributed by atoms with Crippen LogP contribution in [0.4, 0.5) is 0 Å². The zero-order valence-corrected chi connectivity index (χ0v) is 13.6. The van der Waals surface area contributed by atoms with Gasteiger partial charge < -0.3 is 15.1 Å². The Morgan fingerprint density at radius 2 is 2.00 bits per heavy atom. The van der Waals surface area contributed by atoms with Gasteiger partial charge in [0.15, 0.2) is 0 Å². The third-order valence-electron chi connectivity index (χ3n) is 4.83. The molecule has 0 radical (unpaired) electrons. The fraction of sp³-hybridized carbons (Fsp3) is 0.588. The first-order chi connectivity index (χ1) is 10.4. The highest BCUT2D eigenvalue weighted by Gasteiger charge is 2.25. The van der Waals surface area contributed by atoms with Crippen LogP contribution in [0.15, 0.2) is 18.2 Å². The minimum absolute atomic E-state index is 0.0198. The standard InChI is InChI=1S/C17H26N2O3/c1-12(18(2)3)14-6-8-19(9-7-14)11-13-4-5-16(20)15(10-13)17(21)22/h4-5,10,12,14,20H,6-9,11H2,1-3H3,(H,21,22). The average Bonchev–Trinajstić information content (AvgIpc) is 2.49. The number of carboxylic acid groups (broad SMARTS) is 1. The van der Waals surface area contributed by atoms with Crippen LogP contribution in [0.25, 0.3) is 0 Å². The third-order valence-corrected chi connectivity index (χ3v) is 4.83. The number of likely N-dealkylation sites (tertiary alicyclic amines) is 1. The summed E-state index contributed by atoms with van der Waals surface area (Å²) >= 11 is 0. The zero-order chi connectivity index (χ0) is 16.3. The molecule has 1 aliphatic rings. The van der Waals surface area contributed by atoms with Gasteiger partial charge in [0.1, 0.15) is 11.3 Å². The van der Waals surface area contributed by atoms with Crippen molar-refractivity contribution in [2.24, 2.45) is 5.92 Å². The van der Waals surface area contributed by atoms with Crippen LogP contribution in [0.1, 0.15) is 35.7 Å². The Kier molecular flexibility index (Phi) is 5.42.